The number of likely N-dealkylation sites (tertiary alicyclic amines) is 1. The number of fused-ring (bicyclic) bond motifs is 1. The van der Waals surface area contributed by atoms with E-state index in [-0.39, 0.29) is 12.0 Å². The van der Waals surface area contributed by atoms with Gasteiger partial charge in [0, 0.05) is 51.5 Å². The average molecular weight is 332 g/mol. The summed E-state index contributed by atoms with van der Waals surface area (Å²) in [6, 6.07) is 2.29. The van der Waals surface area contributed by atoms with E-state index in [0.717, 1.165) is 32.2 Å². The lowest BCUT2D eigenvalue weighted by atomic mass is 10.0. The number of hydrogen-bond acceptors (Lipinski definition) is 4. The Balaban J connectivity index is 1.32. The number of ether oxygens (including phenoxy) is 1. The van der Waals surface area contributed by atoms with E-state index in [2.05, 4.69) is 10.00 Å². The van der Waals surface area contributed by atoms with Crippen molar-refractivity contribution in [2.45, 2.75) is 50.8 Å². The van der Waals surface area contributed by atoms with Crippen molar-refractivity contribution in [2.24, 2.45) is 5.92 Å². The van der Waals surface area contributed by atoms with E-state index in [1.165, 1.54) is 32.2 Å². The highest BCUT2D eigenvalue weighted by Crippen LogP contribution is 2.29. The van der Waals surface area contributed by atoms with Crippen LogP contribution < -0.4 is 0 Å². The van der Waals surface area contributed by atoms with Crippen LogP contribution in [0.4, 0.5) is 0 Å². The first-order valence-electron chi connectivity index (χ1n) is 9.40. The third-order valence-electron chi connectivity index (χ3n) is 5.85. The number of hydrogen-bond donors (Lipinski definition) is 0. The van der Waals surface area contributed by atoms with Crippen LogP contribution in [0.25, 0.3) is 0 Å². The fraction of sp³-hybridized carbons (Fsp3) is 0.778. The highest BCUT2D eigenvalue weighted by atomic mass is 16.5. The normalized spacial score (nSPS) is 28.4. The number of rotatable bonds is 5. The SMILES string of the molecule is O=C(CCn1cccn1)N1C[C@@H]2OCCN(CC3CCCC3)[C@H]2C1. The van der Waals surface area contributed by atoms with Crippen molar-refractivity contribution in [2.75, 3.05) is 32.8 Å². The molecule has 2 aliphatic heterocycles. The molecule has 1 aliphatic carbocycles. The van der Waals surface area contributed by atoms with Crippen LogP contribution in [0.3, 0.4) is 0 Å². The third kappa shape index (κ3) is 3.49. The van der Waals surface area contributed by atoms with Gasteiger partial charge in [-0.1, -0.05) is 12.8 Å². The summed E-state index contributed by atoms with van der Waals surface area (Å²) in [5.74, 6) is 1.08. The van der Waals surface area contributed by atoms with E-state index in [9.17, 15) is 4.79 Å². The number of nitrogens with zero attached hydrogens (tertiary/aromatic N) is 4. The van der Waals surface area contributed by atoms with Gasteiger partial charge < -0.3 is 9.64 Å². The standard InChI is InChI=1S/C18H28N4O2/c23-18(6-9-22-8-3-7-19-22)21-13-16-17(14-21)24-11-10-20(16)12-15-4-1-2-5-15/h3,7-8,15-17H,1-2,4-6,9-14H2/t16-,17-/m0/s1. The maximum atomic E-state index is 12.5. The van der Waals surface area contributed by atoms with E-state index >= 15 is 0 Å². The Bertz CT molecular complexity index is 541. The van der Waals surface area contributed by atoms with Gasteiger partial charge in [-0.25, -0.2) is 0 Å². The van der Waals surface area contributed by atoms with Gasteiger partial charge in [0.25, 0.3) is 0 Å². The van der Waals surface area contributed by atoms with Crippen molar-refractivity contribution in [3.63, 3.8) is 0 Å². The maximum absolute atomic E-state index is 12.5. The van der Waals surface area contributed by atoms with Crippen molar-refractivity contribution in [1.29, 1.82) is 0 Å². The van der Waals surface area contributed by atoms with Crippen LogP contribution >= 0.6 is 0 Å². The van der Waals surface area contributed by atoms with E-state index < -0.39 is 0 Å². The van der Waals surface area contributed by atoms with Crippen LogP contribution in [0.1, 0.15) is 32.1 Å². The van der Waals surface area contributed by atoms with Crippen molar-refractivity contribution in [3.8, 4) is 0 Å². The summed E-state index contributed by atoms with van der Waals surface area (Å²) >= 11 is 0. The smallest absolute Gasteiger partial charge is 0.224 e. The molecule has 6 heteroatoms. The lowest BCUT2D eigenvalue weighted by Gasteiger charge is -2.38. The average Bonchev–Trinajstić information content (AvgIpc) is 3.33. The molecule has 132 valence electrons. The Morgan fingerprint density at radius 1 is 1.25 bits per heavy atom. The molecule has 2 atom stereocenters. The number of aryl methyl sites for hydroxylation is 1. The fourth-order valence-electron chi connectivity index (χ4n) is 4.51. The molecule has 1 amide bonds. The van der Waals surface area contributed by atoms with Gasteiger partial charge in [-0.15, -0.1) is 0 Å². The molecule has 0 radical (unpaired) electrons. The Kier molecular flexibility index (Phi) is 4.85. The molecule has 0 N–H and O–H groups in total. The predicted molar refractivity (Wildman–Crippen MR) is 90.5 cm³/mol. The van der Waals surface area contributed by atoms with E-state index in [4.69, 9.17) is 4.74 Å². The quantitative estimate of drug-likeness (QED) is 0.817. The van der Waals surface area contributed by atoms with Crippen molar-refractivity contribution < 1.29 is 9.53 Å². The minimum atomic E-state index is 0.203. The second-order valence-electron chi connectivity index (χ2n) is 7.44. The molecule has 0 spiro atoms. The lowest BCUT2D eigenvalue weighted by molar-refractivity contribution is -0.130. The van der Waals surface area contributed by atoms with Crippen LogP contribution in [0, 0.1) is 5.92 Å². The molecular weight excluding hydrogens is 304 g/mol. The lowest BCUT2D eigenvalue weighted by Crippen LogP contribution is -2.52. The summed E-state index contributed by atoms with van der Waals surface area (Å²) in [7, 11) is 0. The number of morpholine rings is 1. The zero-order valence-electron chi connectivity index (χ0n) is 14.3. The van der Waals surface area contributed by atoms with Crippen molar-refractivity contribution in [3.05, 3.63) is 18.5 Å². The first-order valence-corrected chi connectivity index (χ1v) is 9.40. The molecule has 0 unspecified atom stereocenters. The molecule has 1 aromatic heterocycles. The molecule has 3 aliphatic rings. The first kappa shape index (κ1) is 16.1. The summed E-state index contributed by atoms with van der Waals surface area (Å²) in [6.07, 6.45) is 9.91. The number of aromatic nitrogens is 2. The summed E-state index contributed by atoms with van der Waals surface area (Å²) in [4.78, 5) is 17.2. The third-order valence-corrected chi connectivity index (χ3v) is 5.85. The maximum Gasteiger partial charge on any atom is 0.224 e. The summed E-state index contributed by atoms with van der Waals surface area (Å²) in [6.45, 7) is 5.26. The first-order chi connectivity index (χ1) is 11.8. The van der Waals surface area contributed by atoms with Gasteiger partial charge >= 0.3 is 0 Å². The Morgan fingerprint density at radius 3 is 2.92 bits per heavy atom. The second-order valence-corrected chi connectivity index (χ2v) is 7.44. The molecule has 1 saturated carbocycles. The molecule has 2 saturated heterocycles. The van der Waals surface area contributed by atoms with Crippen LogP contribution in [-0.4, -0.2) is 70.4 Å². The summed E-state index contributed by atoms with van der Waals surface area (Å²) in [5, 5.41) is 4.17. The number of amides is 1. The molecule has 3 heterocycles. The second kappa shape index (κ2) is 7.23. The largest absolute Gasteiger partial charge is 0.373 e. The molecule has 0 aromatic carbocycles. The van der Waals surface area contributed by atoms with Gasteiger partial charge in [0.2, 0.25) is 5.91 Å². The summed E-state index contributed by atoms with van der Waals surface area (Å²) in [5.41, 5.74) is 0. The molecular formula is C18H28N4O2. The Hall–Kier alpha value is -1.40. The Morgan fingerprint density at radius 2 is 2.12 bits per heavy atom. The Labute approximate surface area is 143 Å². The van der Waals surface area contributed by atoms with Gasteiger partial charge in [0.15, 0.2) is 0 Å². The molecule has 24 heavy (non-hydrogen) atoms. The molecule has 1 aromatic rings. The molecule has 3 fully saturated rings. The molecule has 6 nitrogen and oxygen atoms in total. The van der Waals surface area contributed by atoms with Crippen molar-refractivity contribution in [1.82, 2.24) is 19.6 Å². The fourth-order valence-corrected chi connectivity index (χ4v) is 4.51. The number of carbonyl (C=O) groups is 1. The van der Waals surface area contributed by atoms with Gasteiger partial charge in [-0.2, -0.15) is 5.10 Å². The highest BCUT2D eigenvalue weighted by molar-refractivity contribution is 5.76. The van der Waals surface area contributed by atoms with Crippen LogP contribution in [0.5, 0.6) is 0 Å². The van der Waals surface area contributed by atoms with E-state index in [0.29, 0.717) is 19.0 Å². The summed E-state index contributed by atoms with van der Waals surface area (Å²) < 4.78 is 7.80. The predicted octanol–water partition coefficient (Wildman–Crippen LogP) is 1.37. The minimum Gasteiger partial charge on any atom is -0.373 e. The van der Waals surface area contributed by atoms with E-state index in [1.807, 2.05) is 21.8 Å². The van der Waals surface area contributed by atoms with Crippen LogP contribution in [0.2, 0.25) is 0 Å². The van der Waals surface area contributed by atoms with E-state index in [1.54, 1.807) is 6.20 Å². The van der Waals surface area contributed by atoms with Gasteiger partial charge in [0.05, 0.1) is 18.8 Å². The zero-order valence-corrected chi connectivity index (χ0v) is 14.3. The topological polar surface area (TPSA) is 50.6 Å². The monoisotopic (exact) mass is 332 g/mol. The minimum absolute atomic E-state index is 0.203. The van der Waals surface area contributed by atoms with Crippen molar-refractivity contribution >= 4 is 5.91 Å². The molecule has 4 rings (SSSR count). The van der Waals surface area contributed by atoms with Crippen LogP contribution in [0.15, 0.2) is 18.5 Å². The highest BCUT2D eigenvalue weighted by Gasteiger charge is 2.42. The van der Waals surface area contributed by atoms with Crippen LogP contribution in [-0.2, 0) is 16.1 Å². The number of carbonyl (C=O) groups excluding carboxylic acids is 1. The zero-order chi connectivity index (χ0) is 16.4. The van der Waals surface area contributed by atoms with Gasteiger partial charge in [-0.3, -0.25) is 14.4 Å². The van der Waals surface area contributed by atoms with Gasteiger partial charge in [-0.05, 0) is 24.8 Å². The molecule has 0 bridgehead atoms. The van der Waals surface area contributed by atoms with Gasteiger partial charge in [0.1, 0.15) is 0 Å².